The van der Waals surface area contributed by atoms with Crippen LogP contribution >= 0.6 is 11.3 Å². The summed E-state index contributed by atoms with van der Waals surface area (Å²) in [5.41, 5.74) is 4.16. The summed E-state index contributed by atoms with van der Waals surface area (Å²) in [6.45, 7) is 4.49. The van der Waals surface area contributed by atoms with Crippen molar-refractivity contribution in [2.45, 2.75) is 84.5 Å². The van der Waals surface area contributed by atoms with E-state index in [0.29, 0.717) is 38.0 Å². The van der Waals surface area contributed by atoms with Gasteiger partial charge in [0.05, 0.1) is 34.3 Å². The quantitative estimate of drug-likeness (QED) is 0.0737. The number of ether oxygens (including phenoxy) is 1. The minimum Gasteiger partial charge on any atom is -0.465 e. The molecule has 4 aromatic rings. The van der Waals surface area contributed by atoms with Gasteiger partial charge in [-0.05, 0) is 86.8 Å². The molecule has 1 aromatic heterocycles. The van der Waals surface area contributed by atoms with Gasteiger partial charge in [-0.25, -0.2) is 4.98 Å². The van der Waals surface area contributed by atoms with Crippen molar-refractivity contribution in [1.29, 1.82) is 0 Å². The van der Waals surface area contributed by atoms with E-state index >= 15 is 0 Å². The summed E-state index contributed by atoms with van der Waals surface area (Å²) in [6, 6.07) is 25.9. The van der Waals surface area contributed by atoms with Crippen LogP contribution < -0.4 is 10.6 Å². The Bertz CT molecular complexity index is 1500. The highest BCUT2D eigenvalue weighted by Gasteiger charge is 2.28. The molecule has 4 rings (SSSR count). The molecule has 250 valence electrons. The van der Waals surface area contributed by atoms with Crippen molar-refractivity contribution < 1.29 is 19.1 Å². The largest absolute Gasteiger partial charge is 0.465 e. The van der Waals surface area contributed by atoms with Crippen molar-refractivity contribution in [3.63, 3.8) is 0 Å². The molecule has 1 heterocycles. The van der Waals surface area contributed by atoms with Crippen molar-refractivity contribution >= 4 is 45.0 Å². The zero-order chi connectivity index (χ0) is 33.3. The van der Waals surface area contributed by atoms with E-state index in [1.807, 2.05) is 36.4 Å². The molecule has 2 N–H and O–H groups in total. The Morgan fingerprint density at radius 2 is 1.49 bits per heavy atom. The van der Waals surface area contributed by atoms with E-state index in [2.05, 4.69) is 54.8 Å². The van der Waals surface area contributed by atoms with Gasteiger partial charge in [-0.2, -0.15) is 0 Å². The van der Waals surface area contributed by atoms with Crippen LogP contribution in [0.3, 0.4) is 0 Å². The Hall–Kier alpha value is -4.04. The summed E-state index contributed by atoms with van der Waals surface area (Å²) in [4.78, 5) is 44.4. The van der Waals surface area contributed by atoms with Crippen LogP contribution in [0, 0.1) is 11.8 Å². The lowest BCUT2D eigenvalue weighted by atomic mass is 9.86. The van der Waals surface area contributed by atoms with Crippen LogP contribution in [0.15, 0.2) is 78.9 Å². The summed E-state index contributed by atoms with van der Waals surface area (Å²) < 4.78 is 6.89. The predicted molar refractivity (Wildman–Crippen MR) is 191 cm³/mol. The highest BCUT2D eigenvalue weighted by molar-refractivity contribution is 7.18. The van der Waals surface area contributed by atoms with Gasteiger partial charge in [0.25, 0.3) is 0 Å². The number of hydrogen-bond donors (Lipinski definition) is 2. The molecule has 2 atom stereocenters. The number of nitrogens with one attached hydrogen (secondary N) is 2. The third kappa shape index (κ3) is 12.2. The average molecular weight is 656 g/mol. The molecule has 0 fully saturated rings. The van der Waals surface area contributed by atoms with E-state index in [1.54, 1.807) is 23.5 Å². The number of amides is 2. The Balaban J connectivity index is 1.41. The molecule has 0 saturated heterocycles. The average Bonchev–Trinajstić information content (AvgIpc) is 3.51. The van der Waals surface area contributed by atoms with Gasteiger partial charge in [0.2, 0.25) is 11.8 Å². The topological polar surface area (TPSA) is 97.4 Å². The van der Waals surface area contributed by atoms with Gasteiger partial charge < -0.3 is 15.4 Å². The molecule has 0 bridgehead atoms. The molecule has 0 aliphatic carbocycles. The van der Waals surface area contributed by atoms with Crippen molar-refractivity contribution in [3.05, 3.63) is 95.0 Å². The maximum absolute atomic E-state index is 13.6. The third-order valence-corrected chi connectivity index (χ3v) is 9.47. The van der Waals surface area contributed by atoms with E-state index in [9.17, 15) is 14.4 Å². The van der Waals surface area contributed by atoms with Crippen LogP contribution in [-0.4, -0.2) is 35.9 Å². The molecule has 8 heteroatoms. The minimum absolute atomic E-state index is 0.135. The first-order valence-electron chi connectivity index (χ1n) is 17.2. The Kier molecular flexibility index (Phi) is 14.9. The van der Waals surface area contributed by atoms with Gasteiger partial charge in [0.15, 0.2) is 0 Å². The monoisotopic (exact) mass is 655 g/mol. The molecule has 7 nitrogen and oxygen atoms in total. The number of aryl methyl sites for hydroxylation is 3. The van der Waals surface area contributed by atoms with Crippen molar-refractivity contribution in [3.8, 4) is 0 Å². The second kappa shape index (κ2) is 19.6. The van der Waals surface area contributed by atoms with Gasteiger partial charge >= 0.3 is 5.97 Å². The van der Waals surface area contributed by atoms with Gasteiger partial charge in [-0.3, -0.25) is 14.4 Å². The number of carbonyl (C=O) groups excluding carboxylic acids is 3. The molecular weight excluding hydrogens is 607 g/mol. The highest BCUT2D eigenvalue weighted by atomic mass is 32.1. The lowest BCUT2D eigenvalue weighted by molar-refractivity contribution is -0.150. The first-order chi connectivity index (χ1) is 22.9. The van der Waals surface area contributed by atoms with Gasteiger partial charge in [0.1, 0.15) is 0 Å². The molecule has 3 aromatic carbocycles. The lowest BCUT2D eigenvalue weighted by Crippen LogP contribution is -2.38. The summed E-state index contributed by atoms with van der Waals surface area (Å²) in [5, 5.41) is 6.78. The second-order valence-electron chi connectivity index (χ2n) is 12.2. The van der Waals surface area contributed by atoms with Gasteiger partial charge in [-0.15, -0.1) is 11.3 Å². The second-order valence-corrected chi connectivity index (χ2v) is 13.3. The van der Waals surface area contributed by atoms with Crippen LogP contribution in [0.25, 0.3) is 10.2 Å². The molecule has 0 radical (unpaired) electrons. The number of benzene rings is 3. The van der Waals surface area contributed by atoms with Crippen molar-refractivity contribution in [2.24, 2.45) is 11.8 Å². The van der Waals surface area contributed by atoms with Crippen LogP contribution in [0.4, 0.5) is 5.69 Å². The van der Waals surface area contributed by atoms with Gasteiger partial charge in [-0.1, -0.05) is 87.7 Å². The van der Waals surface area contributed by atoms with Crippen LogP contribution in [-0.2, 0) is 38.4 Å². The number of nitrogens with zero attached hydrogens (tertiary/aromatic N) is 1. The third-order valence-electron chi connectivity index (χ3n) is 8.37. The number of unbranched alkanes of at least 4 members (excludes halogenated alkanes) is 2. The number of thiazole rings is 1. The van der Waals surface area contributed by atoms with Crippen molar-refractivity contribution in [1.82, 2.24) is 10.3 Å². The summed E-state index contributed by atoms with van der Waals surface area (Å²) >= 11 is 1.72. The fourth-order valence-corrected chi connectivity index (χ4v) is 6.71. The number of esters is 1. The number of aromatic nitrogens is 1. The van der Waals surface area contributed by atoms with E-state index in [-0.39, 0.29) is 24.3 Å². The first-order valence-corrected chi connectivity index (χ1v) is 18.0. The fraction of sp³-hybridized carbons (Fsp3) is 0.436. The number of anilines is 1. The predicted octanol–water partition coefficient (Wildman–Crippen LogP) is 8.32. The summed E-state index contributed by atoms with van der Waals surface area (Å²) in [6.07, 6.45) is 8.76. The van der Waals surface area contributed by atoms with E-state index in [0.717, 1.165) is 61.0 Å². The number of fused-ring (bicyclic) bond motifs is 1. The SMILES string of the molecule is CCCCOC(=O)C(CCCCc1nc2ccccc2s1)C[C@@H](CCc1ccc(CCC)cc1)C(=O)NCC(=O)Nc1ccccc1. The molecule has 1 unspecified atom stereocenters. The van der Waals surface area contributed by atoms with E-state index in [4.69, 9.17) is 9.72 Å². The number of rotatable bonds is 20. The standard InChI is InChI=1S/C39H49N3O4S/c1-3-5-26-46-39(45)32(14-9-12-19-37-42-34-17-10-11-18-35(34)47-37)27-31(25-24-30-22-20-29(13-4-2)21-23-30)38(44)40-28-36(43)41-33-15-7-6-8-16-33/h6-8,10-11,15-18,20-23,31-32H,3-5,9,12-14,19,24-28H2,1-2H3,(H,40,44)(H,41,43)/t31-,32?/m1/s1. The fourth-order valence-electron chi connectivity index (χ4n) is 5.70. The normalized spacial score (nSPS) is 12.4. The molecule has 0 spiro atoms. The number of carbonyl (C=O) groups is 3. The zero-order valence-corrected chi connectivity index (χ0v) is 28.7. The lowest BCUT2D eigenvalue weighted by Gasteiger charge is -2.23. The van der Waals surface area contributed by atoms with E-state index < -0.39 is 11.8 Å². The molecule has 0 saturated carbocycles. The summed E-state index contributed by atoms with van der Waals surface area (Å²) in [7, 11) is 0. The Morgan fingerprint density at radius 1 is 0.766 bits per heavy atom. The molecule has 0 aliphatic rings. The smallest absolute Gasteiger partial charge is 0.308 e. The molecule has 47 heavy (non-hydrogen) atoms. The molecular formula is C39H49N3O4S. The molecule has 2 amide bonds. The number of hydrogen-bond acceptors (Lipinski definition) is 6. The van der Waals surface area contributed by atoms with Crippen LogP contribution in [0.2, 0.25) is 0 Å². The van der Waals surface area contributed by atoms with Crippen LogP contribution in [0.5, 0.6) is 0 Å². The van der Waals surface area contributed by atoms with Gasteiger partial charge in [0, 0.05) is 11.6 Å². The maximum Gasteiger partial charge on any atom is 0.308 e. The van der Waals surface area contributed by atoms with Crippen molar-refractivity contribution in [2.75, 3.05) is 18.5 Å². The van der Waals surface area contributed by atoms with Crippen LogP contribution in [0.1, 0.15) is 81.3 Å². The Morgan fingerprint density at radius 3 is 2.21 bits per heavy atom. The molecule has 0 aliphatic heterocycles. The zero-order valence-electron chi connectivity index (χ0n) is 27.8. The first kappa shape index (κ1) is 35.8. The summed E-state index contributed by atoms with van der Waals surface area (Å²) in [5.74, 6) is -1.58. The Labute approximate surface area is 283 Å². The van der Waals surface area contributed by atoms with E-state index in [1.165, 1.54) is 10.3 Å². The maximum atomic E-state index is 13.6. The number of para-hydroxylation sites is 2. The highest BCUT2D eigenvalue weighted by Crippen LogP contribution is 2.27. The minimum atomic E-state index is -0.442.